The van der Waals surface area contributed by atoms with Crippen LogP contribution in [0.3, 0.4) is 0 Å². The largest absolute Gasteiger partial charge is 0.497 e. The molecule has 0 spiro atoms. The number of rotatable bonds is 9. The molecule has 188 valence electrons. The number of carbonyl (C=O) groups excluding carboxylic acids is 1. The molecule has 5 aromatic rings. The van der Waals surface area contributed by atoms with Crippen molar-refractivity contribution in [3.05, 3.63) is 132 Å². The van der Waals surface area contributed by atoms with E-state index in [9.17, 15) is 4.79 Å². The Hall–Kier alpha value is -5.17. The van der Waals surface area contributed by atoms with E-state index in [4.69, 9.17) is 14.6 Å². The van der Waals surface area contributed by atoms with Crippen molar-refractivity contribution in [2.75, 3.05) is 7.11 Å². The standard InChI is InChI=1S/C31H26N4O3/c1-37-28-16-14-25(15-17-28)31(36)33-32-20-26-21-35(27-10-6-3-7-11-27)34-30(26)24-12-18-29(19-13-24)38-22-23-8-4-2-5-9-23/h2-21H,22H2,1H3,(H,33,36)/b32-20-. The Labute approximate surface area is 221 Å². The van der Waals surface area contributed by atoms with Crippen molar-refractivity contribution in [3.63, 3.8) is 0 Å². The molecule has 4 aromatic carbocycles. The van der Waals surface area contributed by atoms with Gasteiger partial charge in [-0.2, -0.15) is 10.2 Å². The molecule has 38 heavy (non-hydrogen) atoms. The smallest absolute Gasteiger partial charge is 0.271 e. The van der Waals surface area contributed by atoms with Crippen LogP contribution in [0.5, 0.6) is 11.5 Å². The molecule has 0 atom stereocenters. The fourth-order valence-electron chi connectivity index (χ4n) is 3.84. The summed E-state index contributed by atoms with van der Waals surface area (Å²) in [6, 6.07) is 34.5. The number of para-hydroxylation sites is 1. The normalized spacial score (nSPS) is 10.9. The number of carbonyl (C=O) groups is 1. The van der Waals surface area contributed by atoms with Gasteiger partial charge in [-0.15, -0.1) is 0 Å². The highest BCUT2D eigenvalue weighted by Crippen LogP contribution is 2.25. The molecule has 0 bridgehead atoms. The molecule has 7 nitrogen and oxygen atoms in total. The Morgan fingerprint density at radius 1 is 0.868 bits per heavy atom. The Morgan fingerprint density at radius 3 is 2.21 bits per heavy atom. The molecule has 0 saturated heterocycles. The maximum absolute atomic E-state index is 12.5. The maximum atomic E-state index is 12.5. The lowest BCUT2D eigenvalue weighted by atomic mass is 10.1. The number of methoxy groups -OCH3 is 1. The highest BCUT2D eigenvalue weighted by atomic mass is 16.5. The van der Waals surface area contributed by atoms with Gasteiger partial charge in [-0.1, -0.05) is 48.5 Å². The molecule has 5 rings (SSSR count). The van der Waals surface area contributed by atoms with Gasteiger partial charge in [-0.3, -0.25) is 4.79 Å². The number of nitrogens with one attached hydrogen (secondary N) is 1. The second-order valence-corrected chi connectivity index (χ2v) is 8.44. The van der Waals surface area contributed by atoms with Crippen molar-refractivity contribution in [2.24, 2.45) is 5.10 Å². The predicted molar refractivity (Wildman–Crippen MR) is 148 cm³/mol. The first kappa shape index (κ1) is 24.5. The molecule has 1 aromatic heterocycles. The fourth-order valence-corrected chi connectivity index (χ4v) is 3.84. The summed E-state index contributed by atoms with van der Waals surface area (Å²) in [6.07, 6.45) is 3.48. The van der Waals surface area contributed by atoms with Crippen molar-refractivity contribution in [1.82, 2.24) is 15.2 Å². The number of hydrazone groups is 1. The number of nitrogens with zero attached hydrogens (tertiary/aromatic N) is 3. The van der Waals surface area contributed by atoms with Crippen molar-refractivity contribution >= 4 is 12.1 Å². The van der Waals surface area contributed by atoms with E-state index in [2.05, 4.69) is 10.5 Å². The monoisotopic (exact) mass is 502 g/mol. The molecule has 0 radical (unpaired) electrons. The van der Waals surface area contributed by atoms with Gasteiger partial charge in [-0.25, -0.2) is 10.1 Å². The molecule has 0 aliphatic rings. The molecule has 0 unspecified atom stereocenters. The van der Waals surface area contributed by atoms with E-state index in [1.807, 2.05) is 91.1 Å². The molecule has 0 aliphatic carbocycles. The van der Waals surface area contributed by atoms with Gasteiger partial charge in [0.05, 0.1) is 19.0 Å². The van der Waals surface area contributed by atoms with Gasteiger partial charge < -0.3 is 9.47 Å². The average molecular weight is 503 g/mol. The van der Waals surface area contributed by atoms with E-state index in [1.54, 1.807) is 42.3 Å². The van der Waals surface area contributed by atoms with Crippen molar-refractivity contribution in [1.29, 1.82) is 0 Å². The van der Waals surface area contributed by atoms with Crippen LogP contribution < -0.4 is 14.9 Å². The lowest BCUT2D eigenvalue weighted by molar-refractivity contribution is 0.0955. The lowest BCUT2D eigenvalue weighted by Crippen LogP contribution is -2.17. The third kappa shape index (κ3) is 5.96. The Kier molecular flexibility index (Phi) is 7.56. The minimum absolute atomic E-state index is 0.319. The molecule has 1 N–H and O–H groups in total. The predicted octanol–water partition coefficient (Wildman–Crippen LogP) is 5.89. The first-order valence-corrected chi connectivity index (χ1v) is 12.1. The zero-order valence-corrected chi connectivity index (χ0v) is 20.8. The van der Waals surface area contributed by atoms with Gasteiger partial charge in [-0.05, 0) is 66.2 Å². The quantitative estimate of drug-likeness (QED) is 0.201. The Morgan fingerprint density at radius 2 is 1.53 bits per heavy atom. The topological polar surface area (TPSA) is 77.7 Å². The highest BCUT2D eigenvalue weighted by molar-refractivity contribution is 5.95. The number of aromatic nitrogens is 2. The molecule has 0 fully saturated rings. The van der Waals surface area contributed by atoms with Gasteiger partial charge in [0.25, 0.3) is 5.91 Å². The first-order chi connectivity index (χ1) is 18.7. The van der Waals surface area contributed by atoms with E-state index in [0.717, 1.165) is 33.8 Å². The van der Waals surface area contributed by atoms with Gasteiger partial charge in [0.2, 0.25) is 0 Å². The number of ether oxygens (including phenoxy) is 2. The van der Waals surface area contributed by atoms with Crippen LogP contribution in [0, 0.1) is 0 Å². The van der Waals surface area contributed by atoms with Gasteiger partial charge in [0.1, 0.15) is 23.8 Å². The summed E-state index contributed by atoms with van der Waals surface area (Å²) in [7, 11) is 1.58. The lowest BCUT2D eigenvalue weighted by Gasteiger charge is -2.07. The van der Waals surface area contributed by atoms with Crippen LogP contribution in [0.4, 0.5) is 0 Å². The van der Waals surface area contributed by atoms with Gasteiger partial charge >= 0.3 is 0 Å². The van der Waals surface area contributed by atoms with Gasteiger partial charge in [0, 0.05) is 22.9 Å². The minimum atomic E-state index is -0.319. The van der Waals surface area contributed by atoms with Crippen LogP contribution >= 0.6 is 0 Å². The summed E-state index contributed by atoms with van der Waals surface area (Å²) in [6.45, 7) is 0.495. The summed E-state index contributed by atoms with van der Waals surface area (Å²) < 4.78 is 12.9. The second-order valence-electron chi connectivity index (χ2n) is 8.44. The average Bonchev–Trinajstić information content (AvgIpc) is 3.41. The fraction of sp³-hybridized carbons (Fsp3) is 0.0645. The van der Waals surface area contributed by atoms with Crippen molar-refractivity contribution < 1.29 is 14.3 Å². The summed E-state index contributed by atoms with van der Waals surface area (Å²) >= 11 is 0. The Balaban J connectivity index is 1.35. The number of hydrogen-bond acceptors (Lipinski definition) is 5. The zero-order chi connectivity index (χ0) is 26.2. The van der Waals surface area contributed by atoms with Crippen molar-refractivity contribution in [3.8, 4) is 28.4 Å². The van der Waals surface area contributed by atoms with Crippen LogP contribution in [0.15, 0.2) is 120 Å². The van der Waals surface area contributed by atoms with E-state index >= 15 is 0 Å². The molecular weight excluding hydrogens is 476 g/mol. The first-order valence-electron chi connectivity index (χ1n) is 12.1. The van der Waals surface area contributed by atoms with Gasteiger partial charge in [0.15, 0.2) is 0 Å². The summed E-state index contributed by atoms with van der Waals surface area (Å²) in [5, 5.41) is 9.01. The minimum Gasteiger partial charge on any atom is -0.497 e. The maximum Gasteiger partial charge on any atom is 0.271 e. The summed E-state index contributed by atoms with van der Waals surface area (Å²) in [5.41, 5.74) is 7.46. The second kappa shape index (κ2) is 11.7. The molecular formula is C31H26N4O3. The van der Waals surface area contributed by atoms with Crippen LogP contribution in [-0.4, -0.2) is 29.0 Å². The van der Waals surface area contributed by atoms with Crippen LogP contribution in [-0.2, 0) is 6.61 Å². The van der Waals surface area contributed by atoms with E-state index in [1.165, 1.54) is 0 Å². The third-order valence-corrected chi connectivity index (χ3v) is 5.86. The third-order valence-electron chi connectivity index (χ3n) is 5.86. The number of benzene rings is 4. The highest BCUT2D eigenvalue weighted by Gasteiger charge is 2.12. The molecule has 7 heteroatoms. The molecule has 1 heterocycles. The molecule has 0 aliphatic heterocycles. The zero-order valence-electron chi connectivity index (χ0n) is 20.8. The van der Waals surface area contributed by atoms with E-state index in [-0.39, 0.29) is 5.91 Å². The Bertz CT molecular complexity index is 1510. The summed E-state index contributed by atoms with van der Waals surface area (Å²) in [4.78, 5) is 12.5. The van der Waals surface area contributed by atoms with Crippen LogP contribution in [0.2, 0.25) is 0 Å². The number of amides is 1. The summed E-state index contributed by atoms with van der Waals surface area (Å²) in [5.74, 6) is 1.13. The SMILES string of the molecule is COc1ccc(C(=O)N/N=C\c2cn(-c3ccccc3)nc2-c2ccc(OCc3ccccc3)cc2)cc1. The molecule has 0 saturated carbocycles. The molecule has 1 amide bonds. The van der Waals surface area contributed by atoms with Crippen LogP contribution in [0.25, 0.3) is 16.9 Å². The van der Waals surface area contributed by atoms with E-state index in [0.29, 0.717) is 17.9 Å². The van der Waals surface area contributed by atoms with Crippen molar-refractivity contribution in [2.45, 2.75) is 6.61 Å². The van der Waals surface area contributed by atoms with E-state index < -0.39 is 0 Å². The van der Waals surface area contributed by atoms with Crippen LogP contribution in [0.1, 0.15) is 21.5 Å². The number of hydrogen-bond donors (Lipinski definition) is 1.